The van der Waals surface area contributed by atoms with Gasteiger partial charge in [-0.1, -0.05) is 30.4 Å². The lowest BCUT2D eigenvalue weighted by atomic mass is 10.0. The van der Waals surface area contributed by atoms with Gasteiger partial charge in [-0.05, 0) is 30.9 Å². The van der Waals surface area contributed by atoms with Gasteiger partial charge in [-0.15, -0.1) is 0 Å². The largest absolute Gasteiger partial charge is 0.481 e. The van der Waals surface area contributed by atoms with Gasteiger partial charge < -0.3 is 10.0 Å². The first-order valence-electron chi connectivity index (χ1n) is 6.90. The lowest BCUT2D eigenvalue weighted by Crippen LogP contribution is -2.33. The molecule has 0 saturated heterocycles. The molecule has 1 aliphatic rings. The molecular weight excluding hydrogens is 254 g/mol. The minimum Gasteiger partial charge on any atom is -0.481 e. The number of hydrogen-bond donors (Lipinski definition) is 1. The molecule has 4 nitrogen and oxygen atoms in total. The van der Waals surface area contributed by atoms with Gasteiger partial charge in [0.25, 0.3) is 0 Å². The van der Waals surface area contributed by atoms with Crippen LogP contribution in [0, 0.1) is 5.92 Å². The quantitative estimate of drug-likeness (QED) is 0.811. The fourth-order valence-corrected chi connectivity index (χ4v) is 2.41. The molecule has 0 saturated carbocycles. The molecule has 106 valence electrons. The van der Waals surface area contributed by atoms with E-state index in [0.29, 0.717) is 12.3 Å². The van der Waals surface area contributed by atoms with Crippen LogP contribution in [-0.2, 0) is 9.59 Å². The molecule has 1 unspecified atom stereocenters. The summed E-state index contributed by atoms with van der Waals surface area (Å²) in [7, 11) is 0. The highest BCUT2D eigenvalue weighted by atomic mass is 16.4. The minimum atomic E-state index is -0.889. The Bertz CT molecular complexity index is 496. The first-order chi connectivity index (χ1) is 9.66. The molecule has 1 aliphatic carbocycles. The Balaban J connectivity index is 2.06. The fraction of sp³-hybridized carbons (Fsp3) is 0.375. The second kappa shape index (κ2) is 6.89. The van der Waals surface area contributed by atoms with Crippen LogP contribution in [0.3, 0.4) is 0 Å². The summed E-state index contributed by atoms with van der Waals surface area (Å²) in [6, 6.07) is 9.26. The molecule has 2 rings (SSSR count). The molecule has 0 spiro atoms. The van der Waals surface area contributed by atoms with Crippen molar-refractivity contribution in [1.82, 2.24) is 0 Å². The number of allylic oxidation sites excluding steroid dienone is 2. The second-order valence-electron chi connectivity index (χ2n) is 4.99. The average molecular weight is 273 g/mol. The van der Waals surface area contributed by atoms with E-state index in [1.165, 1.54) is 0 Å². The van der Waals surface area contributed by atoms with Gasteiger partial charge in [-0.25, -0.2) is 0 Å². The van der Waals surface area contributed by atoms with Crippen LogP contribution in [0.2, 0.25) is 0 Å². The molecule has 1 amide bonds. The summed E-state index contributed by atoms with van der Waals surface area (Å²) in [4.78, 5) is 24.7. The minimum absolute atomic E-state index is 0.00556. The van der Waals surface area contributed by atoms with E-state index in [0.717, 1.165) is 18.5 Å². The molecule has 0 radical (unpaired) electrons. The number of hydrogen-bond acceptors (Lipinski definition) is 2. The number of anilines is 1. The van der Waals surface area contributed by atoms with Crippen molar-refractivity contribution in [2.24, 2.45) is 5.92 Å². The van der Waals surface area contributed by atoms with E-state index in [1.54, 1.807) is 4.90 Å². The average Bonchev–Trinajstić information content (AvgIpc) is 2.92. The molecule has 0 aromatic heterocycles. The van der Waals surface area contributed by atoms with E-state index in [2.05, 4.69) is 12.2 Å². The fourth-order valence-electron chi connectivity index (χ4n) is 2.41. The number of carbonyl (C=O) groups is 2. The van der Waals surface area contributed by atoms with Gasteiger partial charge in [0.05, 0.1) is 6.42 Å². The number of aliphatic carboxylic acids is 1. The number of rotatable bonds is 6. The van der Waals surface area contributed by atoms with E-state index in [1.807, 2.05) is 30.3 Å². The molecular formula is C16H19NO3. The van der Waals surface area contributed by atoms with Crippen LogP contribution >= 0.6 is 0 Å². The van der Waals surface area contributed by atoms with Gasteiger partial charge in [0.2, 0.25) is 5.91 Å². The topological polar surface area (TPSA) is 57.6 Å². The normalized spacial score (nSPS) is 17.1. The smallest absolute Gasteiger partial charge is 0.305 e. The maximum absolute atomic E-state index is 12.4. The number of benzene rings is 1. The predicted octanol–water partition coefficient (Wildman–Crippen LogP) is 2.85. The maximum Gasteiger partial charge on any atom is 0.305 e. The van der Waals surface area contributed by atoms with Crippen molar-refractivity contribution >= 4 is 17.6 Å². The van der Waals surface area contributed by atoms with Crippen LogP contribution in [0.4, 0.5) is 5.69 Å². The Hall–Kier alpha value is -2.10. The first-order valence-corrected chi connectivity index (χ1v) is 6.90. The lowest BCUT2D eigenvalue weighted by Gasteiger charge is -2.23. The van der Waals surface area contributed by atoms with Crippen LogP contribution in [-0.4, -0.2) is 23.5 Å². The van der Waals surface area contributed by atoms with Crippen LogP contribution in [0.1, 0.15) is 25.7 Å². The molecule has 4 heteroatoms. The highest BCUT2D eigenvalue weighted by Crippen LogP contribution is 2.23. The molecule has 0 fully saturated rings. The summed E-state index contributed by atoms with van der Waals surface area (Å²) in [5, 5.41) is 8.83. The van der Waals surface area contributed by atoms with Gasteiger partial charge in [0, 0.05) is 18.7 Å². The van der Waals surface area contributed by atoms with E-state index in [4.69, 9.17) is 5.11 Å². The Morgan fingerprint density at radius 1 is 1.25 bits per heavy atom. The number of amides is 1. The van der Waals surface area contributed by atoms with Crippen molar-refractivity contribution < 1.29 is 14.7 Å². The van der Waals surface area contributed by atoms with Crippen molar-refractivity contribution in [3.63, 3.8) is 0 Å². The third-order valence-corrected chi connectivity index (χ3v) is 3.47. The van der Waals surface area contributed by atoms with Gasteiger partial charge >= 0.3 is 5.97 Å². The number of carbonyl (C=O) groups excluding carboxylic acids is 1. The first kappa shape index (κ1) is 14.3. The zero-order chi connectivity index (χ0) is 14.4. The van der Waals surface area contributed by atoms with Crippen LogP contribution < -0.4 is 4.90 Å². The van der Waals surface area contributed by atoms with E-state index in [9.17, 15) is 9.59 Å². The number of carboxylic acids is 1. The number of nitrogens with zero attached hydrogens (tertiary/aromatic N) is 1. The van der Waals surface area contributed by atoms with Gasteiger partial charge in [-0.3, -0.25) is 9.59 Å². The Morgan fingerprint density at radius 2 is 2.00 bits per heavy atom. The molecule has 0 bridgehead atoms. The summed E-state index contributed by atoms with van der Waals surface area (Å²) >= 11 is 0. The van der Waals surface area contributed by atoms with Crippen molar-refractivity contribution in [2.75, 3.05) is 11.4 Å². The number of para-hydroxylation sites is 1. The second-order valence-corrected chi connectivity index (χ2v) is 4.99. The highest BCUT2D eigenvalue weighted by Gasteiger charge is 2.21. The molecule has 0 heterocycles. The summed E-state index contributed by atoms with van der Waals surface area (Å²) in [5.74, 6) is -0.605. The summed E-state index contributed by atoms with van der Waals surface area (Å²) in [6.45, 7) is 0.217. The SMILES string of the molecule is O=C(O)CCN(C(=O)CC1C=CCC1)c1ccccc1. The van der Waals surface area contributed by atoms with Gasteiger partial charge in [0.15, 0.2) is 0 Å². The Kier molecular flexibility index (Phi) is 4.93. The molecule has 1 aromatic carbocycles. The van der Waals surface area contributed by atoms with Crippen LogP contribution in [0.15, 0.2) is 42.5 Å². The Labute approximate surface area is 118 Å². The van der Waals surface area contributed by atoms with Crippen molar-refractivity contribution in [2.45, 2.75) is 25.7 Å². The standard InChI is InChI=1S/C16H19NO3/c18-15(12-13-6-4-5-7-13)17(11-10-16(19)20)14-8-2-1-3-9-14/h1-4,6,8-9,13H,5,7,10-12H2,(H,19,20). The number of carboxylic acid groups (broad SMARTS) is 1. The molecule has 0 aliphatic heterocycles. The molecule has 1 atom stereocenters. The van der Waals surface area contributed by atoms with E-state index >= 15 is 0 Å². The predicted molar refractivity (Wildman–Crippen MR) is 77.5 cm³/mol. The molecule has 20 heavy (non-hydrogen) atoms. The summed E-state index contributed by atoms with van der Waals surface area (Å²) in [5.41, 5.74) is 0.765. The summed E-state index contributed by atoms with van der Waals surface area (Å²) < 4.78 is 0. The van der Waals surface area contributed by atoms with Gasteiger partial charge in [0.1, 0.15) is 0 Å². The van der Waals surface area contributed by atoms with Crippen molar-refractivity contribution in [3.8, 4) is 0 Å². The van der Waals surface area contributed by atoms with E-state index in [-0.39, 0.29) is 18.9 Å². The van der Waals surface area contributed by atoms with Crippen LogP contribution in [0.5, 0.6) is 0 Å². The molecule has 1 N–H and O–H groups in total. The zero-order valence-corrected chi connectivity index (χ0v) is 11.4. The summed E-state index contributed by atoms with van der Waals surface area (Å²) in [6.07, 6.45) is 6.62. The third kappa shape index (κ3) is 3.95. The third-order valence-electron chi connectivity index (χ3n) is 3.47. The molecule has 1 aromatic rings. The zero-order valence-electron chi connectivity index (χ0n) is 11.4. The lowest BCUT2D eigenvalue weighted by molar-refractivity contribution is -0.136. The maximum atomic E-state index is 12.4. The van der Waals surface area contributed by atoms with Crippen LogP contribution in [0.25, 0.3) is 0 Å². The van der Waals surface area contributed by atoms with Crippen molar-refractivity contribution in [3.05, 3.63) is 42.5 Å². The Morgan fingerprint density at radius 3 is 2.60 bits per heavy atom. The van der Waals surface area contributed by atoms with E-state index < -0.39 is 5.97 Å². The monoisotopic (exact) mass is 273 g/mol. The van der Waals surface area contributed by atoms with Crippen molar-refractivity contribution in [1.29, 1.82) is 0 Å². The highest BCUT2D eigenvalue weighted by molar-refractivity contribution is 5.94. The van der Waals surface area contributed by atoms with Gasteiger partial charge in [-0.2, -0.15) is 0 Å².